The van der Waals surface area contributed by atoms with E-state index in [0.717, 1.165) is 0 Å². The molecule has 1 atom stereocenters. The number of carbonyl (C=O) groups is 1. The average molecular weight is 341 g/mol. The molecular formula is C11H15BrClNO4. The van der Waals surface area contributed by atoms with Gasteiger partial charge in [-0.15, -0.1) is 12.4 Å². The number of phenols is 1. The molecule has 0 amide bonds. The SMILES string of the molecule is CCOc1cc([C@H](N)C(=O)OC)cc(Br)c1O.Cl. The van der Waals surface area contributed by atoms with Gasteiger partial charge in [0.15, 0.2) is 11.5 Å². The van der Waals surface area contributed by atoms with Crippen LogP contribution in [0, 0.1) is 0 Å². The number of rotatable bonds is 4. The van der Waals surface area contributed by atoms with E-state index in [0.29, 0.717) is 16.6 Å². The molecule has 3 N–H and O–H groups in total. The van der Waals surface area contributed by atoms with Crippen molar-refractivity contribution in [3.8, 4) is 11.5 Å². The van der Waals surface area contributed by atoms with E-state index in [1.807, 2.05) is 0 Å². The van der Waals surface area contributed by atoms with Gasteiger partial charge in [0.2, 0.25) is 0 Å². The largest absolute Gasteiger partial charge is 0.503 e. The molecule has 0 heterocycles. The topological polar surface area (TPSA) is 81.8 Å². The minimum Gasteiger partial charge on any atom is -0.503 e. The van der Waals surface area contributed by atoms with Crippen LogP contribution in [0.2, 0.25) is 0 Å². The second kappa shape index (κ2) is 7.45. The first-order valence-electron chi connectivity index (χ1n) is 4.99. The molecule has 0 aliphatic carbocycles. The highest BCUT2D eigenvalue weighted by atomic mass is 79.9. The lowest BCUT2D eigenvalue weighted by atomic mass is 10.1. The summed E-state index contributed by atoms with van der Waals surface area (Å²) < 4.78 is 10.2. The van der Waals surface area contributed by atoms with Gasteiger partial charge < -0.3 is 20.3 Å². The zero-order valence-electron chi connectivity index (χ0n) is 9.97. The molecule has 102 valence electrons. The highest BCUT2D eigenvalue weighted by molar-refractivity contribution is 9.10. The quantitative estimate of drug-likeness (QED) is 0.821. The zero-order chi connectivity index (χ0) is 13.0. The maximum absolute atomic E-state index is 11.3. The molecule has 0 aliphatic rings. The second-order valence-electron chi connectivity index (χ2n) is 3.28. The smallest absolute Gasteiger partial charge is 0.327 e. The van der Waals surface area contributed by atoms with Crippen molar-refractivity contribution in [2.75, 3.05) is 13.7 Å². The molecule has 0 aromatic heterocycles. The third kappa shape index (κ3) is 3.76. The minimum atomic E-state index is -0.906. The summed E-state index contributed by atoms with van der Waals surface area (Å²) in [6.07, 6.45) is 0. The Bertz CT molecular complexity index is 428. The lowest BCUT2D eigenvalue weighted by Gasteiger charge is -2.13. The normalized spacial score (nSPS) is 11.3. The van der Waals surface area contributed by atoms with Crippen molar-refractivity contribution in [3.63, 3.8) is 0 Å². The number of nitrogens with two attached hydrogens (primary N) is 1. The fraction of sp³-hybridized carbons (Fsp3) is 0.364. The molecule has 1 aromatic carbocycles. The Hall–Kier alpha value is -0.980. The molecule has 0 saturated carbocycles. The van der Waals surface area contributed by atoms with Crippen molar-refractivity contribution in [3.05, 3.63) is 22.2 Å². The summed E-state index contributed by atoms with van der Waals surface area (Å²) in [5.74, 6) is -0.297. The fourth-order valence-corrected chi connectivity index (χ4v) is 1.76. The molecule has 18 heavy (non-hydrogen) atoms. The lowest BCUT2D eigenvalue weighted by Crippen LogP contribution is -2.22. The lowest BCUT2D eigenvalue weighted by molar-refractivity contribution is -0.142. The minimum absolute atomic E-state index is 0. The van der Waals surface area contributed by atoms with Crippen molar-refractivity contribution in [1.82, 2.24) is 0 Å². The van der Waals surface area contributed by atoms with Gasteiger partial charge in [0, 0.05) is 0 Å². The first kappa shape index (κ1) is 17.0. The highest BCUT2D eigenvalue weighted by Gasteiger charge is 2.19. The first-order chi connectivity index (χ1) is 8.01. The van der Waals surface area contributed by atoms with Crippen LogP contribution in [-0.4, -0.2) is 24.8 Å². The van der Waals surface area contributed by atoms with Crippen LogP contribution < -0.4 is 10.5 Å². The molecule has 1 aromatic rings. The van der Waals surface area contributed by atoms with E-state index in [9.17, 15) is 9.90 Å². The van der Waals surface area contributed by atoms with Gasteiger partial charge in [0.05, 0.1) is 18.2 Å². The van der Waals surface area contributed by atoms with Gasteiger partial charge in [-0.25, -0.2) is 0 Å². The third-order valence-corrected chi connectivity index (χ3v) is 2.77. The van der Waals surface area contributed by atoms with E-state index < -0.39 is 12.0 Å². The maximum Gasteiger partial charge on any atom is 0.327 e. The monoisotopic (exact) mass is 339 g/mol. The Morgan fingerprint density at radius 1 is 1.56 bits per heavy atom. The van der Waals surface area contributed by atoms with Gasteiger partial charge in [-0.05, 0) is 40.5 Å². The Labute approximate surface area is 120 Å². The molecule has 0 spiro atoms. The molecule has 1 rings (SSSR count). The number of phenolic OH excluding ortho intramolecular Hbond substituents is 1. The highest BCUT2D eigenvalue weighted by Crippen LogP contribution is 2.36. The van der Waals surface area contributed by atoms with Crippen molar-refractivity contribution in [2.45, 2.75) is 13.0 Å². The van der Waals surface area contributed by atoms with E-state index in [1.165, 1.54) is 13.2 Å². The van der Waals surface area contributed by atoms with Gasteiger partial charge >= 0.3 is 5.97 Å². The molecule has 0 saturated heterocycles. The maximum atomic E-state index is 11.3. The summed E-state index contributed by atoms with van der Waals surface area (Å²) in [4.78, 5) is 11.3. The number of benzene rings is 1. The van der Waals surface area contributed by atoms with E-state index >= 15 is 0 Å². The van der Waals surface area contributed by atoms with Gasteiger partial charge in [-0.2, -0.15) is 0 Å². The predicted molar refractivity (Wildman–Crippen MR) is 73.2 cm³/mol. The molecule has 0 bridgehead atoms. The van der Waals surface area contributed by atoms with Crippen molar-refractivity contribution >= 4 is 34.3 Å². The molecule has 0 unspecified atom stereocenters. The summed E-state index contributed by atoms with van der Waals surface area (Å²) in [5.41, 5.74) is 6.21. The summed E-state index contributed by atoms with van der Waals surface area (Å²) in [5, 5.41) is 9.70. The number of ether oxygens (including phenoxy) is 2. The van der Waals surface area contributed by atoms with Gasteiger partial charge in [-0.3, -0.25) is 4.79 Å². The van der Waals surface area contributed by atoms with Crippen molar-refractivity contribution < 1.29 is 19.4 Å². The van der Waals surface area contributed by atoms with Crippen LogP contribution in [0.1, 0.15) is 18.5 Å². The molecule has 5 nitrogen and oxygen atoms in total. The van der Waals surface area contributed by atoms with Gasteiger partial charge in [-0.1, -0.05) is 0 Å². The number of hydrogen-bond acceptors (Lipinski definition) is 5. The standard InChI is InChI=1S/C11H14BrNO4.ClH/c1-3-17-8-5-6(4-7(12)10(8)14)9(13)11(15)16-2;/h4-5,9,14H,3,13H2,1-2H3;1H/t9-;/m0./s1. The van der Waals surface area contributed by atoms with Crippen LogP contribution in [0.15, 0.2) is 16.6 Å². The van der Waals surface area contributed by atoms with Gasteiger partial charge in [0.1, 0.15) is 6.04 Å². The first-order valence-corrected chi connectivity index (χ1v) is 5.79. The van der Waals surface area contributed by atoms with E-state index in [1.54, 1.807) is 13.0 Å². The molecule has 0 fully saturated rings. The third-order valence-electron chi connectivity index (χ3n) is 2.16. The Balaban J connectivity index is 0.00000289. The number of methoxy groups -OCH3 is 1. The second-order valence-corrected chi connectivity index (χ2v) is 4.14. The molecular weight excluding hydrogens is 325 g/mol. The van der Waals surface area contributed by atoms with Crippen molar-refractivity contribution in [2.24, 2.45) is 5.73 Å². The van der Waals surface area contributed by atoms with Gasteiger partial charge in [0.25, 0.3) is 0 Å². The van der Waals surface area contributed by atoms with E-state index in [2.05, 4.69) is 20.7 Å². The van der Waals surface area contributed by atoms with Crippen LogP contribution in [0.25, 0.3) is 0 Å². The average Bonchev–Trinajstić information content (AvgIpc) is 2.33. The Morgan fingerprint density at radius 3 is 2.67 bits per heavy atom. The van der Waals surface area contributed by atoms with Crippen molar-refractivity contribution in [1.29, 1.82) is 0 Å². The summed E-state index contributed by atoms with van der Waals surface area (Å²) in [6, 6.07) is 2.17. The summed E-state index contributed by atoms with van der Waals surface area (Å²) in [6.45, 7) is 2.19. The number of halogens is 2. The molecule has 0 aliphatic heterocycles. The number of aromatic hydroxyl groups is 1. The van der Waals surface area contributed by atoms with Crippen LogP contribution >= 0.6 is 28.3 Å². The number of esters is 1. The molecule has 0 radical (unpaired) electrons. The predicted octanol–water partition coefficient (Wildman–Crippen LogP) is 2.15. The Kier molecular flexibility index (Phi) is 7.05. The summed E-state index contributed by atoms with van der Waals surface area (Å²) >= 11 is 3.17. The number of hydrogen-bond donors (Lipinski definition) is 2. The van der Waals surface area contributed by atoms with Crippen LogP contribution in [0.3, 0.4) is 0 Å². The zero-order valence-corrected chi connectivity index (χ0v) is 12.4. The number of carbonyl (C=O) groups excluding carboxylic acids is 1. The van der Waals surface area contributed by atoms with Crippen LogP contribution in [0.5, 0.6) is 11.5 Å². The van der Waals surface area contributed by atoms with E-state index in [4.69, 9.17) is 10.5 Å². The van der Waals surface area contributed by atoms with Crippen LogP contribution in [0.4, 0.5) is 0 Å². The van der Waals surface area contributed by atoms with E-state index in [-0.39, 0.29) is 23.9 Å². The Morgan fingerprint density at radius 2 is 2.17 bits per heavy atom. The molecule has 7 heteroatoms. The fourth-order valence-electron chi connectivity index (χ4n) is 1.30. The van der Waals surface area contributed by atoms with Crippen LogP contribution in [-0.2, 0) is 9.53 Å². The summed E-state index contributed by atoms with van der Waals surface area (Å²) in [7, 11) is 1.26.